The molecule has 10 nitrogen and oxygen atoms in total. The topological polar surface area (TPSA) is 113 Å². The molecule has 31 heavy (non-hydrogen) atoms. The van der Waals surface area contributed by atoms with Crippen molar-refractivity contribution in [3.63, 3.8) is 0 Å². The highest BCUT2D eigenvalue weighted by Gasteiger charge is 2.35. The number of nitrogens with zero attached hydrogens (tertiary/aromatic N) is 4. The Balaban J connectivity index is 1.79. The summed E-state index contributed by atoms with van der Waals surface area (Å²) in [6.45, 7) is 4.01. The quantitative estimate of drug-likeness (QED) is 0.629. The monoisotopic (exact) mass is 456 g/mol. The third-order valence-electron chi connectivity index (χ3n) is 5.28. The van der Waals surface area contributed by atoms with Crippen molar-refractivity contribution in [1.82, 2.24) is 19.4 Å². The van der Waals surface area contributed by atoms with Crippen LogP contribution in [0.4, 0.5) is 20.6 Å². The number of halogens is 1. The molecule has 0 bridgehead atoms. The van der Waals surface area contributed by atoms with Gasteiger partial charge in [-0.15, -0.1) is 0 Å². The lowest BCUT2D eigenvalue weighted by molar-refractivity contribution is 0.256. The van der Waals surface area contributed by atoms with Crippen molar-refractivity contribution in [2.75, 3.05) is 29.8 Å². The first kappa shape index (κ1) is 23.1. The van der Waals surface area contributed by atoms with Crippen molar-refractivity contribution in [2.24, 2.45) is 7.05 Å². The summed E-state index contributed by atoms with van der Waals surface area (Å²) in [5, 5.41) is 6.58. The molecule has 0 aliphatic carbocycles. The number of nitrogens with one attached hydrogen (secondary N) is 2. The van der Waals surface area contributed by atoms with Gasteiger partial charge in [-0.2, -0.15) is 13.5 Å². The summed E-state index contributed by atoms with van der Waals surface area (Å²) in [7, 11) is -0.888. The maximum absolute atomic E-state index is 13.8. The molecule has 2 atom stereocenters. The Bertz CT molecular complexity index is 1020. The van der Waals surface area contributed by atoms with E-state index in [0.717, 1.165) is 4.31 Å². The van der Waals surface area contributed by atoms with Gasteiger partial charge in [-0.3, -0.25) is 9.58 Å². The molecule has 2 aromatic rings. The van der Waals surface area contributed by atoms with Crippen LogP contribution >= 0.6 is 0 Å². The van der Waals surface area contributed by atoms with Gasteiger partial charge < -0.3 is 9.73 Å². The number of carbonyl (C=O) groups excluding carboxylic acids is 1. The summed E-state index contributed by atoms with van der Waals surface area (Å²) in [5.41, 5.74) is 0.708. The highest BCUT2D eigenvalue weighted by Crippen LogP contribution is 2.25. The number of anilines is 2. The van der Waals surface area contributed by atoms with Gasteiger partial charge in [0.05, 0.1) is 24.1 Å². The van der Waals surface area contributed by atoms with Gasteiger partial charge in [0.25, 0.3) is 0 Å². The molecule has 1 aliphatic heterocycles. The van der Waals surface area contributed by atoms with E-state index in [2.05, 4.69) is 10.4 Å². The lowest BCUT2D eigenvalue weighted by atomic mass is 10.2. The van der Waals surface area contributed by atoms with Gasteiger partial charge in [0, 0.05) is 44.7 Å². The van der Waals surface area contributed by atoms with Crippen LogP contribution in [0.15, 0.2) is 22.9 Å². The Morgan fingerprint density at radius 3 is 2.65 bits per heavy atom. The summed E-state index contributed by atoms with van der Waals surface area (Å²) in [5.74, 6) is 1.26. The molecule has 1 aliphatic rings. The van der Waals surface area contributed by atoms with Gasteiger partial charge in [0.15, 0.2) is 0 Å². The number of hydrogen-bond acceptors (Lipinski definition) is 6. The molecule has 3 heterocycles. The van der Waals surface area contributed by atoms with Gasteiger partial charge in [0.1, 0.15) is 17.7 Å². The van der Waals surface area contributed by atoms with Crippen molar-refractivity contribution < 1.29 is 22.0 Å². The molecule has 0 aromatic carbocycles. The predicted molar refractivity (Wildman–Crippen MR) is 115 cm³/mol. The lowest BCUT2D eigenvalue weighted by Crippen LogP contribution is -2.49. The number of urea groups is 1. The van der Waals surface area contributed by atoms with Crippen LogP contribution in [0.5, 0.6) is 0 Å². The smallest absolute Gasteiger partial charge is 0.334 e. The second-order valence-corrected chi connectivity index (χ2v) is 9.24. The van der Waals surface area contributed by atoms with E-state index in [1.165, 1.54) is 17.1 Å². The van der Waals surface area contributed by atoms with E-state index in [4.69, 9.17) is 4.42 Å². The maximum Gasteiger partial charge on any atom is 0.334 e. The number of furan rings is 1. The summed E-state index contributed by atoms with van der Waals surface area (Å²) in [6.07, 6.45) is 3.29. The minimum atomic E-state index is -4.29. The fraction of sp³-hybridized carbons (Fsp3) is 0.579. The van der Waals surface area contributed by atoms with Crippen LogP contribution in [0.3, 0.4) is 0 Å². The second-order valence-electron chi connectivity index (χ2n) is 7.65. The van der Waals surface area contributed by atoms with Crippen molar-refractivity contribution in [1.29, 1.82) is 0 Å². The number of aromatic nitrogens is 2. The van der Waals surface area contributed by atoms with E-state index in [-0.39, 0.29) is 31.2 Å². The Kier molecular flexibility index (Phi) is 6.90. The first-order chi connectivity index (χ1) is 14.6. The van der Waals surface area contributed by atoms with Gasteiger partial charge in [0.2, 0.25) is 0 Å². The summed E-state index contributed by atoms with van der Waals surface area (Å²) >= 11 is 0. The van der Waals surface area contributed by atoms with E-state index in [1.807, 2.05) is 18.6 Å². The molecule has 12 heteroatoms. The fourth-order valence-corrected chi connectivity index (χ4v) is 4.78. The van der Waals surface area contributed by atoms with Gasteiger partial charge >= 0.3 is 16.2 Å². The number of amides is 2. The van der Waals surface area contributed by atoms with E-state index in [9.17, 15) is 17.6 Å². The third kappa shape index (κ3) is 5.37. The number of likely N-dealkylation sites (tertiary alicyclic amines) is 1. The molecule has 0 radical (unpaired) electrons. The SMILES string of the molecule is CCc1cc(NC(=O)NS(=O)(=O)N(C[C@@H]2C[C@@H](F)CN2C)c2cnn(C)c2)c(CC)o1. The number of carbonyl (C=O) groups is 1. The predicted octanol–water partition coefficient (Wildman–Crippen LogP) is 2.05. The lowest BCUT2D eigenvalue weighted by Gasteiger charge is -2.28. The van der Waals surface area contributed by atoms with Crippen molar-refractivity contribution >= 4 is 27.6 Å². The standard InChI is InChI=1S/C19H29FN6O4S/c1-5-16-8-17(18(6-2)30-16)22-19(27)23-31(28,29)26(15-9-21-25(4)11-15)12-14-7-13(20)10-24(14)3/h8-9,11,13-14H,5-7,10,12H2,1-4H3,(H2,22,23,27)/t13-,14+/m1/s1. The van der Waals surface area contributed by atoms with Gasteiger partial charge in [-0.25, -0.2) is 18.2 Å². The highest BCUT2D eigenvalue weighted by molar-refractivity contribution is 7.91. The number of hydrogen-bond donors (Lipinski definition) is 2. The molecular weight excluding hydrogens is 427 g/mol. The third-order valence-corrected chi connectivity index (χ3v) is 6.67. The number of rotatable bonds is 8. The van der Waals surface area contributed by atoms with Crippen LogP contribution in [0, 0.1) is 0 Å². The normalized spacial score (nSPS) is 19.5. The molecule has 3 rings (SSSR count). The maximum atomic E-state index is 13.8. The first-order valence-electron chi connectivity index (χ1n) is 10.2. The average Bonchev–Trinajstić information content (AvgIpc) is 3.37. The summed E-state index contributed by atoms with van der Waals surface area (Å²) in [4.78, 5) is 14.3. The van der Waals surface area contributed by atoms with Crippen LogP contribution in [-0.4, -0.2) is 61.5 Å². The molecule has 0 unspecified atom stereocenters. The summed E-state index contributed by atoms with van der Waals surface area (Å²) in [6, 6.07) is 0.441. The van der Waals surface area contributed by atoms with Gasteiger partial charge in [-0.1, -0.05) is 13.8 Å². The zero-order chi connectivity index (χ0) is 22.8. The summed E-state index contributed by atoms with van der Waals surface area (Å²) < 4.78 is 50.2. The second kappa shape index (κ2) is 9.27. The molecule has 2 N–H and O–H groups in total. The zero-order valence-electron chi connectivity index (χ0n) is 18.1. The molecule has 1 fully saturated rings. The molecule has 172 valence electrons. The van der Waals surface area contributed by atoms with Crippen molar-refractivity contribution in [2.45, 2.75) is 45.3 Å². The van der Waals surface area contributed by atoms with Crippen LogP contribution in [0.25, 0.3) is 0 Å². The minimum absolute atomic E-state index is 0.0167. The largest absolute Gasteiger partial charge is 0.464 e. The molecule has 2 aromatic heterocycles. The molecule has 1 saturated heterocycles. The van der Waals surface area contributed by atoms with Crippen molar-refractivity contribution in [3.8, 4) is 0 Å². The molecule has 2 amide bonds. The number of likely N-dealkylation sites (N-methyl/N-ethyl adjacent to an activating group) is 1. The fourth-order valence-electron chi connectivity index (χ4n) is 3.64. The Hall–Kier alpha value is -2.60. The Morgan fingerprint density at radius 1 is 1.35 bits per heavy atom. The van der Waals surface area contributed by atoms with E-state index in [0.29, 0.717) is 30.0 Å². The molecule has 0 spiro atoms. The Labute approximate surface area is 181 Å². The van der Waals surface area contributed by atoms with E-state index >= 15 is 0 Å². The minimum Gasteiger partial charge on any atom is -0.464 e. The van der Waals surface area contributed by atoms with Gasteiger partial charge in [-0.05, 0) is 13.5 Å². The average molecular weight is 457 g/mol. The van der Waals surface area contributed by atoms with E-state index in [1.54, 1.807) is 25.1 Å². The van der Waals surface area contributed by atoms with E-state index < -0.39 is 22.4 Å². The van der Waals surface area contributed by atoms with Crippen LogP contribution in [-0.2, 0) is 30.1 Å². The van der Waals surface area contributed by atoms with Crippen LogP contribution < -0.4 is 14.3 Å². The number of alkyl halides is 1. The highest BCUT2D eigenvalue weighted by atomic mass is 32.2. The molecule has 0 saturated carbocycles. The first-order valence-corrected chi connectivity index (χ1v) is 11.6. The molecular formula is C19H29FN6O4S. The Morgan fingerprint density at radius 2 is 2.10 bits per heavy atom. The number of aryl methyl sites for hydroxylation is 3. The van der Waals surface area contributed by atoms with Crippen LogP contribution in [0.1, 0.15) is 31.8 Å². The zero-order valence-corrected chi connectivity index (χ0v) is 18.9. The van der Waals surface area contributed by atoms with Crippen molar-refractivity contribution in [3.05, 3.63) is 30.0 Å². The van der Waals surface area contributed by atoms with Crippen LogP contribution in [0.2, 0.25) is 0 Å².